The maximum atomic E-state index is 5.49. The summed E-state index contributed by atoms with van der Waals surface area (Å²) in [5, 5.41) is 0.933. The Bertz CT molecular complexity index is 594. The maximum Gasteiger partial charge on any atom is 0.147 e. The second kappa shape index (κ2) is 6.24. The van der Waals surface area contributed by atoms with Crippen molar-refractivity contribution in [3.8, 4) is 0 Å². The lowest BCUT2D eigenvalue weighted by molar-refractivity contribution is 0.864. The Morgan fingerprint density at radius 2 is 1.75 bits per heavy atom. The number of hydrogen-bond acceptors (Lipinski definition) is 5. The fourth-order valence-corrected chi connectivity index (χ4v) is 2.80. The van der Waals surface area contributed by atoms with Gasteiger partial charge in [0.1, 0.15) is 16.7 Å². The monoisotopic (exact) mass is 288 g/mol. The molecule has 1 heterocycles. The quantitative estimate of drug-likeness (QED) is 0.511. The zero-order chi connectivity index (χ0) is 14.7. The van der Waals surface area contributed by atoms with Crippen LogP contribution in [0, 0.1) is 13.8 Å². The van der Waals surface area contributed by atoms with Gasteiger partial charge in [-0.1, -0.05) is 37.7 Å². The molecule has 5 heteroatoms. The highest BCUT2D eigenvalue weighted by molar-refractivity contribution is 7.99. The minimum absolute atomic E-state index is 0.546. The van der Waals surface area contributed by atoms with Crippen LogP contribution in [0.5, 0.6) is 0 Å². The van der Waals surface area contributed by atoms with Gasteiger partial charge in [-0.3, -0.25) is 0 Å². The lowest BCUT2D eigenvalue weighted by atomic mass is 10.0. The fourth-order valence-electron chi connectivity index (χ4n) is 1.88. The van der Waals surface area contributed by atoms with Crippen LogP contribution in [0.4, 0.5) is 5.82 Å². The number of aryl methyl sites for hydroxylation is 1. The third-order valence-electron chi connectivity index (χ3n) is 3.11. The second-order valence-electron chi connectivity index (χ2n) is 5.02. The molecule has 2 rings (SSSR count). The van der Waals surface area contributed by atoms with Crippen molar-refractivity contribution in [2.45, 2.75) is 43.5 Å². The molecule has 0 bridgehead atoms. The maximum absolute atomic E-state index is 5.49. The SMILES string of the molecule is Cc1nc(NN)c(C)c(Sc2ccc(C(C)C)cc2)n1. The van der Waals surface area contributed by atoms with E-state index in [9.17, 15) is 0 Å². The number of anilines is 1. The molecule has 0 saturated heterocycles. The standard InChI is InChI=1S/C15H20N4S/c1-9(2)12-5-7-13(8-6-12)20-15-10(3)14(19-16)17-11(4)18-15/h5-9H,16H2,1-4H3,(H,17,18,19). The first-order valence-electron chi connectivity index (χ1n) is 6.61. The van der Waals surface area contributed by atoms with Crippen molar-refractivity contribution in [2.75, 3.05) is 5.43 Å². The average molecular weight is 288 g/mol. The summed E-state index contributed by atoms with van der Waals surface area (Å²) in [6, 6.07) is 8.59. The van der Waals surface area contributed by atoms with Gasteiger partial charge in [0.05, 0.1) is 0 Å². The van der Waals surface area contributed by atoms with Gasteiger partial charge in [-0.25, -0.2) is 15.8 Å². The van der Waals surface area contributed by atoms with Crippen LogP contribution in [0.1, 0.15) is 36.7 Å². The molecule has 1 aromatic carbocycles. The number of hydrazine groups is 1. The van der Waals surface area contributed by atoms with E-state index in [-0.39, 0.29) is 0 Å². The van der Waals surface area contributed by atoms with Crippen molar-refractivity contribution in [1.29, 1.82) is 0 Å². The van der Waals surface area contributed by atoms with Crippen LogP contribution in [0.15, 0.2) is 34.2 Å². The Morgan fingerprint density at radius 3 is 2.30 bits per heavy atom. The number of nitrogens with zero attached hydrogens (tertiary/aromatic N) is 2. The summed E-state index contributed by atoms with van der Waals surface area (Å²) >= 11 is 1.63. The smallest absolute Gasteiger partial charge is 0.147 e. The lowest BCUT2D eigenvalue weighted by Crippen LogP contribution is -2.12. The molecule has 0 saturated carbocycles. The van der Waals surface area contributed by atoms with Gasteiger partial charge >= 0.3 is 0 Å². The molecule has 3 N–H and O–H groups in total. The summed E-state index contributed by atoms with van der Waals surface area (Å²) in [6.07, 6.45) is 0. The first kappa shape index (κ1) is 14.8. The molecule has 0 spiro atoms. The van der Waals surface area contributed by atoms with E-state index in [0.717, 1.165) is 10.6 Å². The highest BCUT2D eigenvalue weighted by atomic mass is 32.2. The van der Waals surface area contributed by atoms with Crippen molar-refractivity contribution >= 4 is 17.6 Å². The van der Waals surface area contributed by atoms with Crippen LogP contribution in [-0.2, 0) is 0 Å². The fraction of sp³-hybridized carbons (Fsp3) is 0.333. The number of nitrogens with two attached hydrogens (primary N) is 1. The van der Waals surface area contributed by atoms with E-state index in [0.29, 0.717) is 17.6 Å². The van der Waals surface area contributed by atoms with Gasteiger partial charge in [0.15, 0.2) is 0 Å². The second-order valence-corrected chi connectivity index (χ2v) is 6.08. The molecule has 0 aliphatic heterocycles. The highest BCUT2D eigenvalue weighted by Gasteiger charge is 2.10. The van der Waals surface area contributed by atoms with Crippen LogP contribution in [-0.4, -0.2) is 9.97 Å². The number of aromatic nitrogens is 2. The third kappa shape index (κ3) is 3.29. The molecule has 0 atom stereocenters. The summed E-state index contributed by atoms with van der Waals surface area (Å²) < 4.78 is 0. The number of rotatable bonds is 4. The van der Waals surface area contributed by atoms with Crippen LogP contribution < -0.4 is 11.3 Å². The van der Waals surface area contributed by atoms with Gasteiger partial charge in [-0.05, 0) is 37.5 Å². The Morgan fingerprint density at radius 1 is 1.10 bits per heavy atom. The van der Waals surface area contributed by atoms with Gasteiger partial charge in [0.25, 0.3) is 0 Å². The summed E-state index contributed by atoms with van der Waals surface area (Å²) in [6.45, 7) is 8.23. The zero-order valence-electron chi connectivity index (χ0n) is 12.3. The van der Waals surface area contributed by atoms with Crippen LogP contribution in [0.3, 0.4) is 0 Å². The van der Waals surface area contributed by atoms with Crippen molar-refractivity contribution in [3.63, 3.8) is 0 Å². The molecule has 4 nitrogen and oxygen atoms in total. The molecule has 0 fully saturated rings. The lowest BCUT2D eigenvalue weighted by Gasteiger charge is -2.11. The van der Waals surface area contributed by atoms with Crippen molar-refractivity contribution in [1.82, 2.24) is 9.97 Å². The molecule has 1 aromatic heterocycles. The van der Waals surface area contributed by atoms with Gasteiger partial charge in [-0.2, -0.15) is 0 Å². The van der Waals surface area contributed by atoms with Crippen LogP contribution >= 0.6 is 11.8 Å². The van der Waals surface area contributed by atoms with Crippen LogP contribution in [0.25, 0.3) is 0 Å². The van der Waals surface area contributed by atoms with Crippen molar-refractivity contribution in [2.24, 2.45) is 5.84 Å². The normalized spacial score (nSPS) is 10.9. The molecule has 0 aliphatic rings. The minimum Gasteiger partial charge on any atom is -0.308 e. The molecule has 20 heavy (non-hydrogen) atoms. The molecule has 106 valence electrons. The number of hydrogen-bond donors (Lipinski definition) is 2. The summed E-state index contributed by atoms with van der Waals surface area (Å²) in [4.78, 5) is 9.93. The topological polar surface area (TPSA) is 63.8 Å². The van der Waals surface area contributed by atoms with Gasteiger partial charge < -0.3 is 5.43 Å². The number of nitrogens with one attached hydrogen (secondary N) is 1. The molecular formula is C15H20N4S. The summed E-state index contributed by atoms with van der Waals surface area (Å²) in [5.74, 6) is 7.42. The Kier molecular flexibility index (Phi) is 4.62. The zero-order valence-corrected chi connectivity index (χ0v) is 13.1. The molecule has 0 unspecified atom stereocenters. The third-order valence-corrected chi connectivity index (χ3v) is 4.21. The van der Waals surface area contributed by atoms with E-state index < -0.39 is 0 Å². The van der Waals surface area contributed by atoms with Gasteiger partial charge in [-0.15, -0.1) is 0 Å². The summed E-state index contributed by atoms with van der Waals surface area (Å²) in [7, 11) is 0. The first-order valence-corrected chi connectivity index (χ1v) is 7.42. The van der Waals surface area contributed by atoms with Crippen molar-refractivity contribution < 1.29 is 0 Å². The van der Waals surface area contributed by atoms with E-state index in [1.54, 1.807) is 11.8 Å². The Hall–Kier alpha value is -1.59. The van der Waals surface area contributed by atoms with Crippen LogP contribution in [0.2, 0.25) is 0 Å². The molecular weight excluding hydrogens is 268 g/mol. The average Bonchev–Trinajstić information content (AvgIpc) is 2.43. The van der Waals surface area contributed by atoms with E-state index >= 15 is 0 Å². The minimum atomic E-state index is 0.546. The molecule has 0 aliphatic carbocycles. The number of nitrogen functional groups attached to an aromatic ring is 1. The van der Waals surface area contributed by atoms with Gasteiger partial charge in [0.2, 0.25) is 0 Å². The highest BCUT2D eigenvalue weighted by Crippen LogP contribution is 2.31. The Balaban J connectivity index is 2.27. The van der Waals surface area contributed by atoms with E-state index in [1.807, 2.05) is 13.8 Å². The van der Waals surface area contributed by atoms with Crippen molar-refractivity contribution in [3.05, 3.63) is 41.2 Å². The molecule has 0 amide bonds. The van der Waals surface area contributed by atoms with E-state index in [4.69, 9.17) is 5.84 Å². The Labute approximate surface area is 124 Å². The number of benzene rings is 1. The largest absolute Gasteiger partial charge is 0.308 e. The van der Waals surface area contributed by atoms with E-state index in [2.05, 4.69) is 53.5 Å². The predicted molar refractivity (Wildman–Crippen MR) is 84.0 cm³/mol. The van der Waals surface area contributed by atoms with Gasteiger partial charge in [0, 0.05) is 10.5 Å². The molecule has 0 radical (unpaired) electrons. The molecule has 2 aromatic rings. The van der Waals surface area contributed by atoms with E-state index in [1.165, 1.54) is 10.5 Å². The first-order chi connectivity index (χ1) is 9.51. The summed E-state index contributed by atoms with van der Waals surface area (Å²) in [5.41, 5.74) is 4.93. The predicted octanol–water partition coefficient (Wildman–Crippen LogP) is 3.65.